The summed E-state index contributed by atoms with van der Waals surface area (Å²) in [5.41, 5.74) is 0. The molecule has 0 N–H and O–H groups in total. The van der Waals surface area contributed by atoms with E-state index in [1.54, 1.807) is 12.3 Å². The molecule has 0 bridgehead atoms. The summed E-state index contributed by atoms with van der Waals surface area (Å²) in [7, 11) is 7.30. The van der Waals surface area contributed by atoms with E-state index in [1.165, 1.54) is 415 Å². The maximum absolute atomic E-state index is 11.9. The number of carbonyl (C=O) groups excluding carboxylic acids is 2. The zero-order valence-corrected chi connectivity index (χ0v) is 101. The van der Waals surface area contributed by atoms with Crippen LogP contribution >= 0.6 is 51.5 Å². The first-order valence-electron chi connectivity index (χ1n) is 60.5. The molecule has 10 unspecified atom stereocenters. The predicted molar refractivity (Wildman–Crippen MR) is 651 cm³/mol. The van der Waals surface area contributed by atoms with Gasteiger partial charge in [-0.3, -0.25) is 4.79 Å². The van der Waals surface area contributed by atoms with Crippen molar-refractivity contribution >= 4 is 63.4 Å². The minimum Gasteiger partial charge on any atom is -0.498 e. The first-order valence-corrected chi connectivity index (χ1v) is 69.8. The second kappa shape index (κ2) is 88.9. The minimum absolute atomic E-state index is 0. The fraction of sp³-hybridized carbons (Fsp3) is 0.922. The predicted octanol–water partition coefficient (Wildman–Crippen LogP) is 41.1. The molecule has 4 aliphatic heterocycles. The van der Waals surface area contributed by atoms with Crippen LogP contribution in [0.5, 0.6) is 0 Å². The topological polar surface area (TPSA) is 89.5 Å². The Morgan fingerprint density at radius 3 is 1.03 bits per heavy atom. The van der Waals surface area contributed by atoms with Gasteiger partial charge in [-0.15, -0.1) is 51.5 Å². The zero-order chi connectivity index (χ0) is 100. The monoisotopic (exact) mass is 2100 g/mol. The summed E-state index contributed by atoms with van der Waals surface area (Å²) in [6.07, 6.45) is 102. The van der Waals surface area contributed by atoms with Crippen LogP contribution in [0.25, 0.3) is 0 Å². The van der Waals surface area contributed by atoms with Gasteiger partial charge in [0.25, 0.3) is 0 Å². The van der Waals surface area contributed by atoms with Crippen molar-refractivity contribution in [2.45, 2.75) is 526 Å². The van der Waals surface area contributed by atoms with Crippen molar-refractivity contribution in [2.75, 3.05) is 102 Å². The first kappa shape index (κ1) is 140. The summed E-state index contributed by atoms with van der Waals surface area (Å²) >= 11 is 0. The summed E-state index contributed by atoms with van der Waals surface area (Å²) in [6.45, 7) is 49.0. The van der Waals surface area contributed by atoms with Gasteiger partial charge in [0.1, 0.15) is 18.8 Å². The normalized spacial score (nSPS) is 32.0. The molecule has 0 saturated heterocycles. The van der Waals surface area contributed by atoms with Gasteiger partial charge >= 0.3 is 11.9 Å². The van der Waals surface area contributed by atoms with Crippen molar-refractivity contribution in [3.8, 4) is 0 Å². The highest BCUT2D eigenvalue weighted by molar-refractivity contribution is 7.38. The second-order valence-corrected chi connectivity index (χ2v) is 56.6. The van der Waals surface area contributed by atoms with Gasteiger partial charge in [-0.2, -0.15) is 0 Å². The quantitative estimate of drug-likeness (QED) is 0.0358. The highest BCUT2D eigenvalue weighted by atomic mass is 31.1. The highest BCUT2D eigenvalue weighted by Crippen LogP contribution is 2.42. The van der Waals surface area contributed by atoms with E-state index in [4.69, 9.17) is 28.4 Å². The molecular weight excluding hydrogens is 1850 g/mol. The molecule has 14 rings (SSSR count). The third kappa shape index (κ3) is 68.7. The maximum atomic E-state index is 11.9. The van der Waals surface area contributed by atoms with Crippen molar-refractivity contribution in [3.63, 3.8) is 0 Å². The SMILES string of the molecule is C.C.C.C.CC1=CCC(C(=O)OC2CCC(C)CC2)CO1.CC1=CCC(C2CCC(C)CC2)CO1.CC1CCC(C2=CCC(C)CO2)CC1.CC1CCC(OC(=O)C2=CCC(C)CO2)CC1.CCCCCPCC1CCC(C)CC1.CCCPCC1CCC(C)CC1.CCCPCCCC1CCC(C)CC1.CPCC1CCC(C)CC1.CPCCCC1CCC(C)CC1.CPCCCCCC1CCC(C)CC1. The molecule has 14 heteroatoms. The Balaban J connectivity index is 0.000000789. The number of esters is 2. The summed E-state index contributed by atoms with van der Waals surface area (Å²) in [5, 5.41) is 0. The van der Waals surface area contributed by atoms with Crippen LogP contribution in [-0.4, -0.2) is 126 Å². The Bertz CT molecular complexity index is 2880. The lowest BCUT2D eigenvalue weighted by Gasteiger charge is -2.34. The van der Waals surface area contributed by atoms with E-state index in [2.05, 4.69) is 143 Å². The van der Waals surface area contributed by atoms with Gasteiger partial charge in [0.2, 0.25) is 5.76 Å². The van der Waals surface area contributed by atoms with Crippen LogP contribution in [0, 0.1) is 130 Å². The van der Waals surface area contributed by atoms with Crippen molar-refractivity contribution in [1.82, 2.24) is 0 Å². The number of hydrogen-bond donors (Lipinski definition) is 0. The maximum Gasteiger partial charge on any atom is 0.373 e. The van der Waals surface area contributed by atoms with Crippen LogP contribution in [0.3, 0.4) is 0 Å². The van der Waals surface area contributed by atoms with Gasteiger partial charge in [-0.25, -0.2) is 4.79 Å². The molecule has 840 valence electrons. The Hall–Kier alpha value is -0.320. The van der Waals surface area contributed by atoms with E-state index in [9.17, 15) is 9.59 Å². The largest absolute Gasteiger partial charge is 0.498 e. The van der Waals surface area contributed by atoms with Crippen LogP contribution in [0.2, 0.25) is 0 Å². The summed E-state index contributed by atoms with van der Waals surface area (Å²) in [4.78, 5) is 23.8. The standard InChI is InChI=1S/2C14H22O3.2C13H22O.3C13H27P.2C11H23P.C9H19P.4CH4/c1-10-3-7-13(8-4-10)17-14(15)12-6-5-11(2)16-9-12;1-10-3-6-12(7-4-10)17-14(15)13-8-5-11(2)9-16-13;1-10-3-6-12(7-4-10)13-8-5-11(2)14-9-13;1-10-3-6-12(7-4-10)13-8-5-11(2)9-14-13;1-12-7-9-13(10-8-12)6-4-3-5-11-14-2;1-3-10-14-11-4-5-13-8-6-12(2)7-9-13;1-3-4-5-10-14-11-13-8-6-12(2)7-9-13;1-10-5-7-11(8-6-10)4-3-9-12-2;1-3-8-12-9-11-6-4-10(2)5-7-11;1-8-3-5-9(6-4-8)7-10-2;;;;/h5,10,12-13H,3-4,6-9H2,1-2H3;8,10-12H,3-7,9H2,1-2H3;5,10,12-13H,3-4,6-9H2,1-2H3;8,10-12H,3-7,9H2,1-2H3;3*12-14H,3-11H2,1-2H3;2*10-12H,3-9H2,1-2H3;8-10H,3-7H2,1-2H3;4*1H4. The highest BCUT2D eigenvalue weighted by Gasteiger charge is 2.33. The van der Waals surface area contributed by atoms with E-state index >= 15 is 0 Å². The molecule has 0 aromatic heterocycles. The lowest BCUT2D eigenvalue weighted by atomic mass is 9.75. The van der Waals surface area contributed by atoms with Crippen molar-refractivity contribution in [2.24, 2.45) is 130 Å². The average Bonchev–Trinajstić information content (AvgIpc) is 0.861. The lowest BCUT2D eigenvalue weighted by Crippen LogP contribution is -2.30. The third-order valence-electron chi connectivity index (χ3n) is 34.6. The molecule has 10 saturated carbocycles. The van der Waals surface area contributed by atoms with E-state index in [1.807, 2.05) is 19.1 Å². The third-order valence-corrected chi connectivity index (χ3v) is 42.2. The summed E-state index contributed by atoms with van der Waals surface area (Å²) in [6, 6.07) is 0. The molecule has 0 radical (unpaired) electrons. The van der Waals surface area contributed by atoms with Gasteiger partial charge in [0.15, 0.2) is 0 Å². The number of carbonyl (C=O) groups is 2. The fourth-order valence-electron chi connectivity index (χ4n) is 23.4. The zero-order valence-electron chi connectivity index (χ0n) is 94.9. The summed E-state index contributed by atoms with van der Waals surface area (Å²) in [5.74, 6) is 23.3. The lowest BCUT2D eigenvalue weighted by molar-refractivity contribution is -0.158. The van der Waals surface area contributed by atoms with Crippen molar-refractivity contribution in [3.05, 3.63) is 47.3 Å². The minimum atomic E-state index is -0.267. The van der Waals surface area contributed by atoms with E-state index in [-0.39, 0.29) is 59.8 Å². The van der Waals surface area contributed by atoms with Gasteiger partial charge in [-0.05, 0) is 399 Å². The van der Waals surface area contributed by atoms with E-state index in [0.717, 1.165) is 194 Å². The molecule has 0 aromatic rings. The number of unbranched alkanes of at least 4 members (excludes halogenated alkanes) is 4. The van der Waals surface area contributed by atoms with Crippen molar-refractivity contribution in [1.29, 1.82) is 0 Å². The molecule has 14 aliphatic rings. The molecular formula is C128H250O8P6. The van der Waals surface area contributed by atoms with Crippen LogP contribution in [0.1, 0.15) is 513 Å². The van der Waals surface area contributed by atoms with Crippen LogP contribution in [-0.2, 0) is 38.0 Å². The molecule has 142 heavy (non-hydrogen) atoms. The number of rotatable bonds is 34. The molecule has 0 amide bonds. The Labute approximate surface area is 900 Å². The second-order valence-electron chi connectivity index (χ2n) is 48.8. The van der Waals surface area contributed by atoms with Gasteiger partial charge < -0.3 is 28.4 Å². The Morgan fingerprint density at radius 2 is 0.641 bits per heavy atom. The molecule has 10 aliphatic carbocycles. The molecule has 8 nitrogen and oxygen atoms in total. The molecule has 0 aromatic carbocycles. The number of allylic oxidation sites excluding steroid dienone is 7. The number of ether oxygens (including phenoxy) is 6. The summed E-state index contributed by atoms with van der Waals surface area (Å²) < 4.78 is 33.3. The van der Waals surface area contributed by atoms with Crippen LogP contribution in [0.15, 0.2) is 47.3 Å². The first-order chi connectivity index (χ1) is 66.8. The molecule has 0 spiro atoms. The van der Waals surface area contributed by atoms with E-state index in [0.29, 0.717) is 24.9 Å². The fourth-order valence-corrected chi connectivity index (χ4v) is 29.5. The average molecular weight is 2100 g/mol. The Kier molecular flexibility index (Phi) is 87.5. The van der Waals surface area contributed by atoms with Gasteiger partial charge in [0.05, 0.1) is 43.0 Å². The van der Waals surface area contributed by atoms with Crippen molar-refractivity contribution < 1.29 is 38.0 Å². The van der Waals surface area contributed by atoms with Crippen LogP contribution in [0.4, 0.5) is 0 Å². The molecule has 10 fully saturated rings. The van der Waals surface area contributed by atoms with E-state index < -0.39 is 0 Å². The molecule has 10 atom stereocenters. The van der Waals surface area contributed by atoms with Gasteiger partial charge in [-0.1, -0.05) is 333 Å². The Morgan fingerprint density at radius 1 is 0.289 bits per heavy atom. The molecule has 4 heterocycles. The van der Waals surface area contributed by atoms with Gasteiger partial charge in [0, 0.05) is 5.92 Å². The number of hydrogen-bond acceptors (Lipinski definition) is 8. The smallest absolute Gasteiger partial charge is 0.373 e. The van der Waals surface area contributed by atoms with Crippen LogP contribution < -0.4 is 0 Å².